The van der Waals surface area contributed by atoms with E-state index in [-0.39, 0.29) is 11.7 Å². The second-order valence-corrected chi connectivity index (χ2v) is 7.11. The lowest BCUT2D eigenvalue weighted by Crippen LogP contribution is -2.37. The fourth-order valence-electron chi connectivity index (χ4n) is 2.30. The second-order valence-electron chi connectivity index (χ2n) is 5.36. The fourth-order valence-corrected chi connectivity index (χ4v) is 3.47. The summed E-state index contributed by atoms with van der Waals surface area (Å²) in [4.78, 5) is 14.0. The van der Waals surface area contributed by atoms with E-state index >= 15 is 0 Å². The lowest BCUT2D eigenvalue weighted by molar-refractivity contribution is -0.117. The molecule has 2 rings (SSSR count). The third kappa shape index (κ3) is 4.20. The van der Waals surface area contributed by atoms with Gasteiger partial charge in [-0.25, -0.2) is 4.39 Å². The molecule has 0 saturated carbocycles. The Labute approximate surface area is 143 Å². The number of hydrogen-bond acceptors (Lipinski definition) is 3. The molecule has 1 amide bonds. The molecule has 2 aromatic rings. The average molecular weight is 349 g/mol. The lowest BCUT2D eigenvalue weighted by Gasteiger charge is -2.21. The highest BCUT2D eigenvalue weighted by molar-refractivity contribution is 7.85. The zero-order chi connectivity index (χ0) is 17.7. The first-order valence-corrected chi connectivity index (χ1v) is 8.84. The van der Waals surface area contributed by atoms with Gasteiger partial charge in [0.1, 0.15) is 16.8 Å². The van der Waals surface area contributed by atoms with Crippen molar-refractivity contribution >= 4 is 22.4 Å². The minimum atomic E-state index is -1.50. The lowest BCUT2D eigenvalue weighted by atomic mass is 10.2. The largest absolute Gasteiger partial charge is 0.496 e. The maximum Gasteiger partial charge on any atom is 0.242 e. The molecular weight excluding hydrogens is 329 g/mol. The number of carbonyl (C=O) groups is 1. The summed E-state index contributed by atoms with van der Waals surface area (Å²) in [6, 6.07) is 13.2. The highest BCUT2D eigenvalue weighted by Gasteiger charge is 2.25. The van der Waals surface area contributed by atoms with Crippen LogP contribution < -0.4 is 9.64 Å². The van der Waals surface area contributed by atoms with Gasteiger partial charge in [-0.2, -0.15) is 0 Å². The molecule has 0 aliphatic carbocycles. The molecule has 0 aliphatic rings. The normalized spacial score (nSPS) is 13.2. The first-order valence-electron chi connectivity index (χ1n) is 7.46. The van der Waals surface area contributed by atoms with Crippen molar-refractivity contribution in [1.82, 2.24) is 0 Å². The summed E-state index contributed by atoms with van der Waals surface area (Å²) in [5, 5.41) is -0.719. The van der Waals surface area contributed by atoms with Crippen LogP contribution >= 0.6 is 0 Å². The summed E-state index contributed by atoms with van der Waals surface area (Å²) in [6.07, 6.45) is 0. The van der Waals surface area contributed by atoms with Crippen molar-refractivity contribution in [2.75, 3.05) is 19.1 Å². The molecule has 0 saturated heterocycles. The van der Waals surface area contributed by atoms with Crippen LogP contribution in [0.4, 0.5) is 10.1 Å². The molecule has 4 nitrogen and oxygen atoms in total. The number of benzene rings is 2. The number of ether oxygens (including phenoxy) is 1. The Hall–Kier alpha value is -2.21. The molecule has 2 atom stereocenters. The molecule has 0 aromatic heterocycles. The van der Waals surface area contributed by atoms with Crippen molar-refractivity contribution in [3.63, 3.8) is 0 Å². The molecule has 0 N–H and O–H groups in total. The van der Waals surface area contributed by atoms with Gasteiger partial charge in [-0.1, -0.05) is 18.2 Å². The first kappa shape index (κ1) is 18.1. The Morgan fingerprint density at radius 3 is 2.54 bits per heavy atom. The zero-order valence-corrected chi connectivity index (χ0v) is 14.7. The van der Waals surface area contributed by atoms with Crippen molar-refractivity contribution in [3.05, 3.63) is 59.9 Å². The van der Waals surface area contributed by atoms with Crippen LogP contribution in [0.25, 0.3) is 0 Å². The molecule has 0 fully saturated rings. The standard InChI is InChI=1S/C18H20FNO3S/c1-13(18(21)20(2)16-7-5-4-6-8-16)24(22)12-14-11-15(19)9-10-17(14)23-3/h4-11,13H,12H2,1-3H3/t13-,24-/m1/s1. The van der Waals surface area contributed by atoms with E-state index in [1.54, 1.807) is 14.0 Å². The molecule has 0 spiro atoms. The van der Waals surface area contributed by atoms with Crippen molar-refractivity contribution < 1.29 is 18.1 Å². The molecular formula is C18H20FNO3S. The van der Waals surface area contributed by atoms with Crippen LogP contribution in [0.2, 0.25) is 0 Å². The van der Waals surface area contributed by atoms with E-state index in [0.29, 0.717) is 11.3 Å². The average Bonchev–Trinajstić information content (AvgIpc) is 2.60. The van der Waals surface area contributed by atoms with Crippen LogP contribution in [0, 0.1) is 5.82 Å². The fraction of sp³-hybridized carbons (Fsp3) is 0.278. The highest BCUT2D eigenvalue weighted by Crippen LogP contribution is 2.22. The van der Waals surface area contributed by atoms with E-state index in [0.717, 1.165) is 5.69 Å². The summed E-state index contributed by atoms with van der Waals surface area (Å²) in [5.41, 5.74) is 1.22. The molecule has 6 heteroatoms. The van der Waals surface area contributed by atoms with Crippen LogP contribution in [0.3, 0.4) is 0 Å². The number of halogens is 1. The van der Waals surface area contributed by atoms with Crippen LogP contribution in [-0.2, 0) is 21.3 Å². The summed E-state index contributed by atoms with van der Waals surface area (Å²) < 4.78 is 31.1. The smallest absolute Gasteiger partial charge is 0.242 e. The van der Waals surface area contributed by atoms with E-state index in [1.165, 1.54) is 30.2 Å². The molecule has 0 heterocycles. The van der Waals surface area contributed by atoms with Crippen LogP contribution in [-0.4, -0.2) is 29.5 Å². The molecule has 128 valence electrons. The predicted molar refractivity (Wildman–Crippen MR) is 94.1 cm³/mol. The molecule has 0 unspecified atom stereocenters. The van der Waals surface area contributed by atoms with Gasteiger partial charge in [-0.05, 0) is 37.3 Å². The van der Waals surface area contributed by atoms with Crippen LogP contribution in [0.5, 0.6) is 5.75 Å². The Morgan fingerprint density at radius 1 is 1.25 bits per heavy atom. The third-order valence-corrected chi connectivity index (χ3v) is 5.34. The minimum absolute atomic E-state index is 0.0521. The summed E-state index contributed by atoms with van der Waals surface area (Å²) in [5.74, 6) is -0.171. The van der Waals surface area contributed by atoms with Gasteiger partial charge in [-0.15, -0.1) is 0 Å². The van der Waals surface area contributed by atoms with E-state index in [4.69, 9.17) is 4.74 Å². The predicted octanol–water partition coefficient (Wildman–Crippen LogP) is 3.13. The number of hydrogen-bond donors (Lipinski definition) is 0. The number of rotatable bonds is 6. The Balaban J connectivity index is 2.12. The van der Waals surface area contributed by atoms with Crippen molar-refractivity contribution in [2.24, 2.45) is 0 Å². The van der Waals surface area contributed by atoms with Gasteiger partial charge in [0.25, 0.3) is 0 Å². The maximum atomic E-state index is 13.4. The molecule has 2 aromatic carbocycles. The zero-order valence-electron chi connectivity index (χ0n) is 13.9. The minimum Gasteiger partial charge on any atom is -0.496 e. The van der Waals surface area contributed by atoms with Crippen LogP contribution in [0.1, 0.15) is 12.5 Å². The number of carbonyl (C=O) groups excluding carboxylic acids is 1. The Morgan fingerprint density at radius 2 is 1.92 bits per heavy atom. The molecule has 0 aliphatic heterocycles. The van der Waals surface area contributed by atoms with Gasteiger partial charge in [0, 0.05) is 29.1 Å². The Kier molecular flexibility index (Phi) is 6.09. The number of nitrogens with zero attached hydrogens (tertiary/aromatic N) is 1. The molecule has 0 bridgehead atoms. The monoisotopic (exact) mass is 349 g/mol. The van der Waals surface area contributed by atoms with E-state index in [1.807, 2.05) is 30.3 Å². The molecule has 24 heavy (non-hydrogen) atoms. The van der Waals surface area contributed by atoms with Gasteiger partial charge >= 0.3 is 0 Å². The van der Waals surface area contributed by atoms with Crippen molar-refractivity contribution in [1.29, 1.82) is 0 Å². The van der Waals surface area contributed by atoms with Gasteiger partial charge in [0.05, 0.1) is 12.9 Å². The van der Waals surface area contributed by atoms with Crippen LogP contribution in [0.15, 0.2) is 48.5 Å². The van der Waals surface area contributed by atoms with E-state index in [9.17, 15) is 13.4 Å². The maximum absolute atomic E-state index is 13.4. The third-order valence-electron chi connectivity index (χ3n) is 3.76. The second kappa shape index (κ2) is 8.06. The topological polar surface area (TPSA) is 46.6 Å². The van der Waals surface area contributed by atoms with Crippen molar-refractivity contribution in [3.8, 4) is 5.75 Å². The number of methoxy groups -OCH3 is 1. The highest BCUT2D eigenvalue weighted by atomic mass is 32.2. The van der Waals surface area contributed by atoms with Crippen molar-refractivity contribution in [2.45, 2.75) is 17.9 Å². The Bertz CT molecular complexity index is 736. The first-order chi connectivity index (χ1) is 11.4. The SMILES string of the molecule is COc1ccc(F)cc1C[S@@](=O)[C@H](C)C(=O)N(C)c1ccccc1. The molecule has 0 radical (unpaired) electrons. The summed E-state index contributed by atoms with van der Waals surface area (Å²) in [7, 11) is 1.62. The number of amides is 1. The quantitative estimate of drug-likeness (QED) is 0.805. The summed E-state index contributed by atoms with van der Waals surface area (Å²) >= 11 is 0. The number of anilines is 1. The number of para-hydroxylation sites is 1. The van der Waals surface area contributed by atoms with E-state index < -0.39 is 21.9 Å². The van der Waals surface area contributed by atoms with Gasteiger partial charge in [0.2, 0.25) is 5.91 Å². The van der Waals surface area contributed by atoms with Gasteiger partial charge in [0.15, 0.2) is 0 Å². The van der Waals surface area contributed by atoms with Gasteiger partial charge < -0.3 is 9.64 Å². The van der Waals surface area contributed by atoms with E-state index in [2.05, 4.69) is 0 Å². The van der Waals surface area contributed by atoms with Gasteiger partial charge in [-0.3, -0.25) is 9.00 Å². The summed E-state index contributed by atoms with van der Waals surface area (Å²) in [6.45, 7) is 1.61.